The second-order valence-corrected chi connectivity index (χ2v) is 10.5. The van der Waals surface area contributed by atoms with Crippen molar-refractivity contribution in [2.45, 2.75) is 43.5 Å². The van der Waals surface area contributed by atoms with Gasteiger partial charge in [-0.15, -0.1) is 21.5 Å². The van der Waals surface area contributed by atoms with E-state index in [0.29, 0.717) is 21.5 Å². The van der Waals surface area contributed by atoms with E-state index in [1.807, 2.05) is 47.9 Å². The van der Waals surface area contributed by atoms with Crippen LogP contribution in [0.1, 0.15) is 39.9 Å². The zero-order valence-electron chi connectivity index (χ0n) is 18.7. The molecule has 3 heterocycles. The van der Waals surface area contributed by atoms with Gasteiger partial charge in [0.2, 0.25) is 5.91 Å². The molecule has 34 heavy (non-hydrogen) atoms. The van der Waals surface area contributed by atoms with E-state index in [2.05, 4.69) is 15.5 Å². The summed E-state index contributed by atoms with van der Waals surface area (Å²) in [7, 11) is 0. The van der Waals surface area contributed by atoms with Gasteiger partial charge < -0.3 is 15.5 Å². The van der Waals surface area contributed by atoms with Crippen molar-refractivity contribution in [2.75, 3.05) is 5.32 Å². The molecule has 8 nitrogen and oxygen atoms in total. The molecular weight excluding hydrogens is 470 g/mol. The molecule has 0 spiro atoms. The maximum atomic E-state index is 13.1. The molecule has 0 bridgehead atoms. The van der Waals surface area contributed by atoms with Crippen molar-refractivity contribution in [3.63, 3.8) is 0 Å². The Bertz CT molecular complexity index is 1370. The van der Waals surface area contributed by atoms with Crippen LogP contribution in [0, 0.1) is 6.92 Å². The van der Waals surface area contributed by atoms with Crippen LogP contribution in [-0.4, -0.2) is 31.8 Å². The van der Waals surface area contributed by atoms with Gasteiger partial charge >= 0.3 is 0 Å². The van der Waals surface area contributed by atoms with Gasteiger partial charge in [-0.2, -0.15) is 0 Å². The topological polar surface area (TPSA) is 116 Å². The summed E-state index contributed by atoms with van der Waals surface area (Å²) in [6, 6.07) is 11.6. The molecule has 0 saturated heterocycles. The van der Waals surface area contributed by atoms with Crippen LogP contribution in [0.5, 0.6) is 0 Å². The number of primary amides is 1. The molecule has 4 aromatic rings. The van der Waals surface area contributed by atoms with Crippen molar-refractivity contribution < 1.29 is 14.0 Å². The van der Waals surface area contributed by atoms with Gasteiger partial charge in [-0.05, 0) is 56.9 Å². The number of furan rings is 1. The summed E-state index contributed by atoms with van der Waals surface area (Å²) in [5, 5.41) is 12.3. The van der Waals surface area contributed by atoms with E-state index < -0.39 is 11.2 Å². The number of para-hydroxylation sites is 1. The highest BCUT2D eigenvalue weighted by atomic mass is 32.2. The predicted octanol–water partition coefficient (Wildman–Crippen LogP) is 4.60. The van der Waals surface area contributed by atoms with Gasteiger partial charge in [0.1, 0.15) is 10.8 Å². The summed E-state index contributed by atoms with van der Waals surface area (Å²) in [4.78, 5) is 26.3. The highest BCUT2D eigenvalue weighted by Crippen LogP contribution is 2.39. The third-order valence-corrected chi connectivity index (χ3v) is 8.05. The number of hydrogen-bond acceptors (Lipinski definition) is 7. The summed E-state index contributed by atoms with van der Waals surface area (Å²) in [6.07, 6.45) is 4.36. The van der Waals surface area contributed by atoms with Gasteiger partial charge in [-0.25, -0.2) is 0 Å². The minimum atomic E-state index is -0.501. The summed E-state index contributed by atoms with van der Waals surface area (Å²) in [5.74, 6) is 0.643. The first-order valence-electron chi connectivity index (χ1n) is 10.9. The lowest BCUT2D eigenvalue weighted by Crippen LogP contribution is -2.24. The number of benzene rings is 1. The van der Waals surface area contributed by atoms with Crippen LogP contribution in [-0.2, 0) is 17.6 Å². The Balaban J connectivity index is 1.43. The smallest absolute Gasteiger partial charge is 0.251 e. The van der Waals surface area contributed by atoms with Gasteiger partial charge in [0.25, 0.3) is 5.91 Å². The van der Waals surface area contributed by atoms with Gasteiger partial charge in [-0.3, -0.25) is 14.2 Å². The standard InChI is InChI=1S/C24H23N5O3S2/c1-13-16(11-12-32-13)21-27-28-24(29(21)15-7-4-3-5-8-15)33-14(2)22(31)26-23-19(20(25)30)17-9-6-10-18(17)34-23/h3-5,7-8,11-12,14H,6,9-10H2,1-2H3,(H2,25,30)(H,26,31)/t14-/m1/s1. The minimum Gasteiger partial charge on any atom is -0.469 e. The number of nitrogens with one attached hydrogen (secondary N) is 1. The van der Waals surface area contributed by atoms with E-state index in [4.69, 9.17) is 10.2 Å². The first-order chi connectivity index (χ1) is 16.4. The summed E-state index contributed by atoms with van der Waals surface area (Å²) >= 11 is 2.74. The molecule has 2 amide bonds. The molecule has 10 heteroatoms. The number of nitrogens with zero attached hydrogens (tertiary/aromatic N) is 3. The van der Waals surface area contributed by atoms with Crippen molar-refractivity contribution in [2.24, 2.45) is 5.73 Å². The zero-order valence-corrected chi connectivity index (χ0v) is 20.3. The monoisotopic (exact) mass is 493 g/mol. The lowest BCUT2D eigenvalue weighted by molar-refractivity contribution is -0.115. The van der Waals surface area contributed by atoms with Crippen LogP contribution in [0.15, 0.2) is 52.2 Å². The van der Waals surface area contributed by atoms with E-state index in [1.54, 1.807) is 13.2 Å². The molecule has 1 atom stereocenters. The molecule has 0 radical (unpaired) electrons. The molecule has 3 aromatic heterocycles. The molecule has 0 fully saturated rings. The number of nitrogens with two attached hydrogens (primary N) is 1. The number of fused-ring (bicyclic) bond motifs is 1. The second kappa shape index (κ2) is 9.11. The number of anilines is 1. The molecule has 1 aliphatic rings. The molecule has 174 valence electrons. The van der Waals surface area contributed by atoms with Gasteiger partial charge in [0.15, 0.2) is 11.0 Å². The Labute approximate surface area is 204 Å². The quantitative estimate of drug-likeness (QED) is 0.363. The fraction of sp³-hybridized carbons (Fsp3) is 0.250. The average molecular weight is 494 g/mol. The maximum absolute atomic E-state index is 13.1. The first-order valence-corrected chi connectivity index (χ1v) is 12.6. The number of rotatable bonds is 7. The Morgan fingerprint density at radius 2 is 2.00 bits per heavy atom. The second-order valence-electron chi connectivity index (χ2n) is 8.04. The van der Waals surface area contributed by atoms with E-state index in [0.717, 1.165) is 46.7 Å². The number of thioether (sulfide) groups is 1. The third-order valence-electron chi connectivity index (χ3n) is 5.80. The largest absolute Gasteiger partial charge is 0.469 e. The minimum absolute atomic E-state index is 0.226. The fourth-order valence-corrected chi connectivity index (χ4v) is 6.29. The number of hydrogen-bond donors (Lipinski definition) is 2. The first kappa shape index (κ1) is 22.4. The summed E-state index contributed by atoms with van der Waals surface area (Å²) in [6.45, 7) is 3.68. The number of carbonyl (C=O) groups excluding carboxylic acids is 2. The molecule has 0 unspecified atom stereocenters. The lowest BCUT2D eigenvalue weighted by atomic mass is 10.1. The van der Waals surface area contributed by atoms with Gasteiger partial charge in [0, 0.05) is 10.6 Å². The molecule has 1 aliphatic carbocycles. The Morgan fingerprint density at radius 1 is 1.21 bits per heavy atom. The number of aromatic nitrogens is 3. The molecule has 0 aliphatic heterocycles. The normalized spacial score (nSPS) is 13.6. The van der Waals surface area contributed by atoms with E-state index in [1.165, 1.54) is 23.1 Å². The number of thiophene rings is 1. The van der Waals surface area contributed by atoms with Gasteiger partial charge in [-0.1, -0.05) is 30.0 Å². The van der Waals surface area contributed by atoms with Crippen LogP contribution in [0.25, 0.3) is 17.1 Å². The van der Waals surface area contributed by atoms with Crippen molar-refractivity contribution in [1.29, 1.82) is 0 Å². The van der Waals surface area contributed by atoms with E-state index in [-0.39, 0.29) is 5.91 Å². The van der Waals surface area contributed by atoms with Crippen molar-refractivity contribution >= 4 is 39.9 Å². The van der Waals surface area contributed by atoms with Crippen LogP contribution >= 0.6 is 23.1 Å². The zero-order chi connectivity index (χ0) is 23.8. The predicted molar refractivity (Wildman–Crippen MR) is 133 cm³/mol. The molecule has 0 saturated carbocycles. The molecule has 5 rings (SSSR count). The highest BCUT2D eigenvalue weighted by molar-refractivity contribution is 8.00. The summed E-state index contributed by atoms with van der Waals surface area (Å²) < 4.78 is 7.39. The Hall–Kier alpha value is -3.37. The van der Waals surface area contributed by atoms with E-state index >= 15 is 0 Å². The van der Waals surface area contributed by atoms with Gasteiger partial charge in [0.05, 0.1) is 22.6 Å². The van der Waals surface area contributed by atoms with Crippen LogP contribution < -0.4 is 11.1 Å². The lowest BCUT2D eigenvalue weighted by Gasteiger charge is -2.14. The van der Waals surface area contributed by atoms with Crippen molar-refractivity contribution in [3.8, 4) is 17.1 Å². The van der Waals surface area contributed by atoms with Crippen molar-refractivity contribution in [1.82, 2.24) is 14.8 Å². The van der Waals surface area contributed by atoms with Crippen LogP contribution in [0.3, 0.4) is 0 Å². The molecule has 3 N–H and O–H groups in total. The highest BCUT2D eigenvalue weighted by Gasteiger charge is 2.28. The third kappa shape index (κ3) is 4.03. The summed E-state index contributed by atoms with van der Waals surface area (Å²) in [5.41, 5.74) is 8.78. The Kier molecular flexibility index (Phi) is 6.01. The maximum Gasteiger partial charge on any atom is 0.251 e. The van der Waals surface area contributed by atoms with Crippen molar-refractivity contribution in [3.05, 3.63) is 64.4 Å². The fourth-order valence-electron chi connectivity index (χ4n) is 4.13. The number of amides is 2. The van der Waals surface area contributed by atoms with Crippen LogP contribution in [0.4, 0.5) is 5.00 Å². The SMILES string of the molecule is Cc1occc1-c1nnc(S[C@H](C)C(=O)Nc2sc3c(c2C(N)=O)CCC3)n1-c1ccccc1. The number of carbonyl (C=O) groups is 2. The molecular formula is C24H23N5O3S2. The number of aryl methyl sites for hydroxylation is 2. The average Bonchev–Trinajstić information content (AvgIpc) is 3.58. The Morgan fingerprint density at radius 3 is 2.71 bits per heavy atom. The van der Waals surface area contributed by atoms with Crippen LogP contribution in [0.2, 0.25) is 0 Å². The van der Waals surface area contributed by atoms with E-state index in [9.17, 15) is 9.59 Å². The molecule has 1 aromatic carbocycles.